The summed E-state index contributed by atoms with van der Waals surface area (Å²) >= 11 is 0. The van der Waals surface area contributed by atoms with E-state index in [4.69, 9.17) is 14.2 Å². The zero-order valence-electron chi connectivity index (χ0n) is 15.4. The highest BCUT2D eigenvalue weighted by molar-refractivity contribution is 5.50. The van der Waals surface area contributed by atoms with Gasteiger partial charge in [0.2, 0.25) is 0 Å². The van der Waals surface area contributed by atoms with Gasteiger partial charge in [0.25, 0.3) is 0 Å². The number of carbonyl (C=O) groups excluding carboxylic acids is 1. The standard InChI is InChI=1S/C22H28O4/c1-24-21-12-10-20(11-13-21)18-26-22(14-15-23)9-5-6-16-25-17-19-7-3-2-4-8-19/h2-4,7-8,10-13,15,22H,5-6,9,14,16-18H2,1H3/t22-/m0/s1. The molecule has 0 bridgehead atoms. The molecular weight excluding hydrogens is 328 g/mol. The van der Waals surface area contributed by atoms with Crippen LogP contribution >= 0.6 is 0 Å². The van der Waals surface area contributed by atoms with Gasteiger partial charge < -0.3 is 19.0 Å². The molecule has 140 valence electrons. The average Bonchev–Trinajstić information content (AvgIpc) is 2.69. The second kappa shape index (κ2) is 12.2. The van der Waals surface area contributed by atoms with E-state index in [1.165, 1.54) is 5.56 Å². The van der Waals surface area contributed by atoms with E-state index in [0.717, 1.165) is 43.5 Å². The number of rotatable bonds is 13. The first-order valence-corrected chi connectivity index (χ1v) is 9.11. The second-order valence-corrected chi connectivity index (χ2v) is 6.22. The van der Waals surface area contributed by atoms with Gasteiger partial charge in [-0.3, -0.25) is 0 Å². The Bertz CT molecular complexity index is 610. The molecule has 0 saturated carbocycles. The molecule has 0 spiro atoms. The van der Waals surface area contributed by atoms with Crippen LogP contribution in [-0.2, 0) is 27.5 Å². The molecule has 0 aromatic heterocycles. The zero-order chi connectivity index (χ0) is 18.5. The third-order valence-corrected chi connectivity index (χ3v) is 4.18. The van der Waals surface area contributed by atoms with Crippen LogP contribution in [0.1, 0.15) is 36.8 Å². The summed E-state index contributed by atoms with van der Waals surface area (Å²) in [7, 11) is 1.65. The number of hydrogen-bond acceptors (Lipinski definition) is 4. The fraction of sp³-hybridized carbons (Fsp3) is 0.409. The molecule has 0 aliphatic heterocycles. The molecule has 2 aromatic carbocycles. The smallest absolute Gasteiger partial charge is 0.122 e. The van der Waals surface area contributed by atoms with Crippen LogP contribution in [0.25, 0.3) is 0 Å². The van der Waals surface area contributed by atoms with Crippen LogP contribution in [-0.4, -0.2) is 26.1 Å². The molecule has 4 nitrogen and oxygen atoms in total. The van der Waals surface area contributed by atoms with Crippen molar-refractivity contribution in [1.82, 2.24) is 0 Å². The number of carbonyl (C=O) groups is 1. The van der Waals surface area contributed by atoms with Crippen molar-refractivity contribution in [2.75, 3.05) is 13.7 Å². The molecule has 0 heterocycles. The third-order valence-electron chi connectivity index (χ3n) is 4.18. The van der Waals surface area contributed by atoms with Crippen LogP contribution in [0.2, 0.25) is 0 Å². The number of ether oxygens (including phenoxy) is 3. The van der Waals surface area contributed by atoms with Gasteiger partial charge in [0.15, 0.2) is 0 Å². The Labute approximate surface area is 156 Å². The summed E-state index contributed by atoms with van der Waals surface area (Å²) < 4.78 is 16.7. The topological polar surface area (TPSA) is 44.8 Å². The molecule has 26 heavy (non-hydrogen) atoms. The van der Waals surface area contributed by atoms with Crippen molar-refractivity contribution in [2.24, 2.45) is 0 Å². The number of methoxy groups -OCH3 is 1. The van der Waals surface area contributed by atoms with E-state index in [-0.39, 0.29) is 6.10 Å². The fourth-order valence-electron chi connectivity index (χ4n) is 2.65. The van der Waals surface area contributed by atoms with E-state index >= 15 is 0 Å². The largest absolute Gasteiger partial charge is 0.497 e. The molecule has 0 aliphatic carbocycles. The maximum Gasteiger partial charge on any atom is 0.122 e. The monoisotopic (exact) mass is 356 g/mol. The lowest BCUT2D eigenvalue weighted by molar-refractivity contribution is -0.110. The van der Waals surface area contributed by atoms with Gasteiger partial charge in [-0.2, -0.15) is 0 Å². The van der Waals surface area contributed by atoms with Crippen molar-refractivity contribution in [3.05, 3.63) is 65.7 Å². The first-order chi connectivity index (χ1) is 12.8. The van der Waals surface area contributed by atoms with Crippen molar-refractivity contribution in [3.63, 3.8) is 0 Å². The van der Waals surface area contributed by atoms with E-state index < -0.39 is 0 Å². The summed E-state index contributed by atoms with van der Waals surface area (Å²) in [5.41, 5.74) is 2.27. The Balaban J connectivity index is 1.61. The molecule has 0 unspecified atom stereocenters. The van der Waals surface area contributed by atoms with E-state index in [2.05, 4.69) is 12.1 Å². The first kappa shape index (κ1) is 20.1. The summed E-state index contributed by atoms with van der Waals surface area (Å²) in [6.45, 7) is 1.88. The van der Waals surface area contributed by atoms with Gasteiger partial charge >= 0.3 is 0 Å². The summed E-state index contributed by atoms with van der Waals surface area (Å²) in [6, 6.07) is 18.0. The first-order valence-electron chi connectivity index (χ1n) is 9.11. The Morgan fingerprint density at radius 3 is 2.35 bits per heavy atom. The van der Waals surface area contributed by atoms with Crippen molar-refractivity contribution in [2.45, 2.75) is 45.0 Å². The summed E-state index contributed by atoms with van der Waals surface area (Å²) in [5, 5.41) is 0. The Morgan fingerprint density at radius 1 is 0.923 bits per heavy atom. The van der Waals surface area contributed by atoms with Crippen molar-refractivity contribution >= 4 is 6.29 Å². The molecule has 0 N–H and O–H groups in total. The Hall–Kier alpha value is -2.17. The van der Waals surface area contributed by atoms with E-state index in [0.29, 0.717) is 19.6 Å². The maximum atomic E-state index is 10.9. The van der Waals surface area contributed by atoms with Gasteiger partial charge in [-0.15, -0.1) is 0 Å². The maximum absolute atomic E-state index is 10.9. The van der Waals surface area contributed by atoms with Crippen LogP contribution < -0.4 is 4.74 Å². The van der Waals surface area contributed by atoms with E-state index in [1.54, 1.807) is 7.11 Å². The molecule has 0 fully saturated rings. The SMILES string of the molecule is COc1ccc(CO[C@H](CC=O)CCCCOCc2ccccc2)cc1. The van der Waals surface area contributed by atoms with Gasteiger partial charge in [0.1, 0.15) is 12.0 Å². The molecule has 0 amide bonds. The lowest BCUT2D eigenvalue weighted by Crippen LogP contribution is -2.14. The highest BCUT2D eigenvalue weighted by atomic mass is 16.5. The van der Waals surface area contributed by atoms with Crippen molar-refractivity contribution in [3.8, 4) is 5.75 Å². The van der Waals surface area contributed by atoms with Gasteiger partial charge in [-0.1, -0.05) is 42.5 Å². The van der Waals surface area contributed by atoms with Gasteiger partial charge in [0.05, 0.1) is 26.4 Å². The van der Waals surface area contributed by atoms with Crippen LogP contribution in [0.3, 0.4) is 0 Å². The minimum Gasteiger partial charge on any atom is -0.497 e. The van der Waals surface area contributed by atoms with Crippen LogP contribution in [0.15, 0.2) is 54.6 Å². The number of hydrogen-bond donors (Lipinski definition) is 0. The molecule has 2 aromatic rings. The fourth-order valence-corrected chi connectivity index (χ4v) is 2.65. The van der Waals surface area contributed by atoms with Gasteiger partial charge in [-0.05, 0) is 42.5 Å². The van der Waals surface area contributed by atoms with Crippen LogP contribution in [0.5, 0.6) is 5.75 Å². The normalized spacial score (nSPS) is 11.9. The Kier molecular flexibility index (Phi) is 9.47. The predicted molar refractivity (Wildman–Crippen MR) is 102 cm³/mol. The van der Waals surface area contributed by atoms with Gasteiger partial charge in [0, 0.05) is 13.0 Å². The van der Waals surface area contributed by atoms with E-state index in [1.807, 2.05) is 42.5 Å². The molecule has 0 aliphatic rings. The quantitative estimate of drug-likeness (QED) is 0.390. The summed E-state index contributed by atoms with van der Waals surface area (Å²) in [6.07, 6.45) is 4.14. The highest BCUT2D eigenvalue weighted by Gasteiger charge is 2.09. The zero-order valence-corrected chi connectivity index (χ0v) is 15.4. The number of unbranched alkanes of at least 4 members (excludes halogenated alkanes) is 1. The lowest BCUT2D eigenvalue weighted by atomic mass is 10.1. The lowest BCUT2D eigenvalue weighted by Gasteiger charge is -2.16. The molecule has 0 radical (unpaired) electrons. The second-order valence-electron chi connectivity index (χ2n) is 6.22. The van der Waals surface area contributed by atoms with Crippen LogP contribution in [0, 0.1) is 0 Å². The van der Waals surface area contributed by atoms with Crippen LogP contribution in [0.4, 0.5) is 0 Å². The summed E-state index contributed by atoms with van der Waals surface area (Å²) in [5.74, 6) is 0.827. The third kappa shape index (κ3) is 7.81. The molecule has 4 heteroatoms. The van der Waals surface area contributed by atoms with E-state index in [9.17, 15) is 4.79 Å². The van der Waals surface area contributed by atoms with Gasteiger partial charge in [-0.25, -0.2) is 0 Å². The predicted octanol–water partition coefficient (Wildman–Crippen LogP) is 4.56. The molecular formula is C22H28O4. The molecule has 2 rings (SSSR count). The minimum atomic E-state index is -0.0382. The Morgan fingerprint density at radius 2 is 1.65 bits per heavy atom. The molecule has 1 atom stereocenters. The number of aldehydes is 1. The molecule has 0 saturated heterocycles. The van der Waals surface area contributed by atoms with Crippen molar-refractivity contribution in [1.29, 1.82) is 0 Å². The summed E-state index contributed by atoms with van der Waals surface area (Å²) in [4.78, 5) is 10.9. The highest BCUT2D eigenvalue weighted by Crippen LogP contribution is 2.15. The number of benzene rings is 2. The van der Waals surface area contributed by atoms with Crippen molar-refractivity contribution < 1.29 is 19.0 Å². The minimum absolute atomic E-state index is 0.0382. The average molecular weight is 356 g/mol.